The van der Waals surface area contributed by atoms with Crippen LogP contribution in [0.25, 0.3) is 0 Å². The second-order valence-electron chi connectivity index (χ2n) is 9.60. The van der Waals surface area contributed by atoms with Gasteiger partial charge in [0.1, 0.15) is 0 Å². The molecule has 0 saturated heterocycles. The molecule has 1 heterocycles. The number of rotatable bonds is 14. The Morgan fingerprint density at radius 3 is 2.44 bits per heavy atom. The summed E-state index contributed by atoms with van der Waals surface area (Å²) in [4.78, 5) is 20.5. The highest BCUT2D eigenvalue weighted by Gasteiger charge is 2.37. The van der Waals surface area contributed by atoms with Crippen molar-refractivity contribution in [3.05, 3.63) is 5.69 Å². The van der Waals surface area contributed by atoms with E-state index in [0.29, 0.717) is 36.9 Å². The van der Waals surface area contributed by atoms with E-state index < -0.39 is 8.32 Å². The molecule has 0 bridgehead atoms. The predicted octanol–water partition coefficient (Wildman–Crippen LogP) is 4.95. The van der Waals surface area contributed by atoms with Gasteiger partial charge in [-0.05, 0) is 37.9 Å². The first kappa shape index (κ1) is 28.2. The summed E-state index contributed by atoms with van der Waals surface area (Å²) in [6.07, 6.45) is 4.63. The predicted molar refractivity (Wildman–Crippen MR) is 133 cm³/mol. The molecule has 0 saturated carbocycles. The Morgan fingerprint density at radius 2 is 1.88 bits per heavy atom. The standard InChI is InChI=1S/C23H44N4O4Si/c1-9-11-12-17(15-16-31-32(7,8)23(3,4)5)25-21-20(29-6)18(26-22(24)27-21)13-14-19(28)30-10-2/h17H,9-16H2,1-8H3,(H3,24,25,26,27)/t17-/m0/s1. The SMILES string of the molecule is CCCC[C@@H](CCO[Si](C)(C)C(C)(C)C)Nc1nc(N)nc(CCC(=O)OCC)c1OC. The summed E-state index contributed by atoms with van der Waals surface area (Å²) >= 11 is 0. The highest BCUT2D eigenvalue weighted by molar-refractivity contribution is 6.74. The number of nitrogens with two attached hydrogens (primary N) is 1. The first-order valence-corrected chi connectivity index (χ1v) is 14.6. The Balaban J connectivity index is 2.97. The van der Waals surface area contributed by atoms with Gasteiger partial charge in [-0.25, -0.2) is 4.98 Å². The van der Waals surface area contributed by atoms with Gasteiger partial charge >= 0.3 is 5.97 Å². The quantitative estimate of drug-likeness (QED) is 0.292. The number of aromatic nitrogens is 2. The number of hydrogen-bond acceptors (Lipinski definition) is 8. The summed E-state index contributed by atoms with van der Waals surface area (Å²) in [5.41, 5.74) is 6.58. The molecule has 184 valence electrons. The van der Waals surface area contributed by atoms with E-state index in [0.717, 1.165) is 25.7 Å². The minimum Gasteiger partial charge on any atom is -0.491 e. The summed E-state index contributed by atoms with van der Waals surface area (Å²) in [5.74, 6) is 0.964. The van der Waals surface area contributed by atoms with Gasteiger partial charge in [-0.1, -0.05) is 40.5 Å². The lowest BCUT2D eigenvalue weighted by atomic mass is 10.1. The zero-order chi connectivity index (χ0) is 24.4. The van der Waals surface area contributed by atoms with E-state index in [1.807, 2.05) is 0 Å². The molecular formula is C23H44N4O4Si. The first-order valence-electron chi connectivity index (χ1n) is 11.7. The van der Waals surface area contributed by atoms with Crippen molar-refractivity contribution in [3.63, 3.8) is 0 Å². The van der Waals surface area contributed by atoms with Crippen molar-refractivity contribution in [2.75, 3.05) is 31.4 Å². The molecule has 32 heavy (non-hydrogen) atoms. The minimum atomic E-state index is -1.80. The number of anilines is 2. The van der Waals surface area contributed by atoms with Crippen LogP contribution >= 0.6 is 0 Å². The molecule has 0 unspecified atom stereocenters. The smallest absolute Gasteiger partial charge is 0.306 e. The maximum absolute atomic E-state index is 11.8. The van der Waals surface area contributed by atoms with Gasteiger partial charge in [0.2, 0.25) is 5.95 Å². The Kier molecular flexibility index (Phi) is 11.4. The van der Waals surface area contributed by atoms with E-state index in [1.165, 1.54) is 0 Å². The molecule has 1 rings (SSSR count). The summed E-state index contributed by atoms with van der Waals surface area (Å²) < 4.78 is 17.0. The van der Waals surface area contributed by atoms with Crippen LogP contribution in [-0.2, 0) is 20.4 Å². The summed E-state index contributed by atoms with van der Waals surface area (Å²) in [6, 6.07) is 0.167. The van der Waals surface area contributed by atoms with Gasteiger partial charge in [0.25, 0.3) is 0 Å². The third-order valence-corrected chi connectivity index (χ3v) is 10.5. The number of hydrogen-bond donors (Lipinski definition) is 2. The van der Waals surface area contributed by atoms with Crippen LogP contribution in [0.5, 0.6) is 5.75 Å². The number of carbonyl (C=O) groups is 1. The highest BCUT2D eigenvalue weighted by atomic mass is 28.4. The van der Waals surface area contributed by atoms with Crippen molar-refractivity contribution in [3.8, 4) is 5.75 Å². The van der Waals surface area contributed by atoms with Gasteiger partial charge in [-0.2, -0.15) is 4.98 Å². The molecule has 8 nitrogen and oxygen atoms in total. The van der Waals surface area contributed by atoms with Gasteiger partial charge in [0.15, 0.2) is 19.9 Å². The Bertz CT molecular complexity index is 723. The molecule has 1 aromatic heterocycles. The molecule has 0 aliphatic rings. The zero-order valence-corrected chi connectivity index (χ0v) is 22.3. The second-order valence-corrected chi connectivity index (χ2v) is 14.4. The normalized spacial score (nSPS) is 13.0. The molecular weight excluding hydrogens is 424 g/mol. The largest absolute Gasteiger partial charge is 0.491 e. The van der Waals surface area contributed by atoms with E-state index in [1.54, 1.807) is 14.0 Å². The number of nitrogen functional groups attached to an aromatic ring is 1. The number of aryl methyl sites for hydroxylation is 1. The molecule has 1 aromatic rings. The third kappa shape index (κ3) is 8.94. The van der Waals surface area contributed by atoms with Crippen LogP contribution in [0.2, 0.25) is 18.1 Å². The maximum atomic E-state index is 11.8. The van der Waals surface area contributed by atoms with Crippen molar-refractivity contribution < 1.29 is 18.7 Å². The molecule has 0 aromatic carbocycles. The van der Waals surface area contributed by atoms with Crippen molar-refractivity contribution >= 4 is 26.1 Å². The Hall–Kier alpha value is -1.87. The van der Waals surface area contributed by atoms with Crippen molar-refractivity contribution in [1.29, 1.82) is 0 Å². The second kappa shape index (κ2) is 13.0. The minimum absolute atomic E-state index is 0.152. The van der Waals surface area contributed by atoms with E-state index in [-0.39, 0.29) is 29.4 Å². The lowest BCUT2D eigenvalue weighted by Crippen LogP contribution is -2.41. The summed E-state index contributed by atoms with van der Waals surface area (Å²) in [6.45, 7) is 16.3. The monoisotopic (exact) mass is 468 g/mol. The molecule has 0 radical (unpaired) electrons. The number of unbranched alkanes of at least 4 members (excludes halogenated alkanes) is 1. The lowest BCUT2D eigenvalue weighted by molar-refractivity contribution is -0.143. The molecule has 9 heteroatoms. The van der Waals surface area contributed by atoms with Crippen molar-refractivity contribution in [2.45, 2.75) is 97.3 Å². The number of nitrogens with zero attached hydrogens (tertiary/aromatic N) is 2. The van der Waals surface area contributed by atoms with E-state index in [2.05, 4.69) is 56.1 Å². The van der Waals surface area contributed by atoms with Crippen molar-refractivity contribution in [1.82, 2.24) is 9.97 Å². The van der Waals surface area contributed by atoms with Gasteiger partial charge in [-0.3, -0.25) is 4.79 Å². The lowest BCUT2D eigenvalue weighted by Gasteiger charge is -2.36. The molecule has 0 fully saturated rings. The number of methoxy groups -OCH3 is 1. The molecule has 0 spiro atoms. The number of carbonyl (C=O) groups excluding carboxylic acids is 1. The van der Waals surface area contributed by atoms with E-state index in [4.69, 9.17) is 19.6 Å². The number of esters is 1. The summed E-state index contributed by atoms with van der Waals surface area (Å²) in [5, 5.41) is 3.69. The average molecular weight is 469 g/mol. The topological polar surface area (TPSA) is 109 Å². The molecule has 0 aliphatic carbocycles. The molecule has 0 aliphatic heterocycles. The van der Waals surface area contributed by atoms with Crippen LogP contribution < -0.4 is 15.8 Å². The van der Waals surface area contributed by atoms with E-state index in [9.17, 15) is 4.79 Å². The van der Waals surface area contributed by atoms with Crippen LogP contribution in [-0.4, -0.2) is 50.6 Å². The molecule has 3 N–H and O–H groups in total. The average Bonchev–Trinajstić information content (AvgIpc) is 2.69. The van der Waals surface area contributed by atoms with Gasteiger partial charge < -0.3 is 25.0 Å². The fraction of sp³-hybridized carbons (Fsp3) is 0.783. The fourth-order valence-electron chi connectivity index (χ4n) is 3.06. The van der Waals surface area contributed by atoms with Crippen LogP contribution in [0.3, 0.4) is 0 Å². The van der Waals surface area contributed by atoms with Gasteiger partial charge in [0, 0.05) is 19.1 Å². The fourth-order valence-corrected chi connectivity index (χ4v) is 4.12. The van der Waals surface area contributed by atoms with Crippen LogP contribution in [0.4, 0.5) is 11.8 Å². The van der Waals surface area contributed by atoms with Crippen molar-refractivity contribution in [2.24, 2.45) is 0 Å². The van der Waals surface area contributed by atoms with Gasteiger partial charge in [-0.15, -0.1) is 0 Å². The third-order valence-electron chi connectivity index (χ3n) is 6.01. The first-order chi connectivity index (χ1) is 14.9. The highest BCUT2D eigenvalue weighted by Crippen LogP contribution is 2.37. The van der Waals surface area contributed by atoms with E-state index >= 15 is 0 Å². The zero-order valence-electron chi connectivity index (χ0n) is 21.3. The van der Waals surface area contributed by atoms with Crippen LogP contribution in [0.15, 0.2) is 0 Å². The molecule has 0 amide bonds. The molecule has 1 atom stereocenters. The van der Waals surface area contributed by atoms with Crippen LogP contribution in [0.1, 0.15) is 72.4 Å². The Labute approximate surface area is 195 Å². The Morgan fingerprint density at radius 1 is 1.19 bits per heavy atom. The number of ether oxygens (including phenoxy) is 2. The van der Waals surface area contributed by atoms with Gasteiger partial charge in [0.05, 0.1) is 25.8 Å². The van der Waals surface area contributed by atoms with Crippen LogP contribution in [0, 0.1) is 0 Å². The number of nitrogens with one attached hydrogen (secondary N) is 1. The summed E-state index contributed by atoms with van der Waals surface area (Å²) in [7, 11) is -0.222. The maximum Gasteiger partial charge on any atom is 0.306 e.